The van der Waals surface area contributed by atoms with Crippen molar-refractivity contribution in [3.63, 3.8) is 0 Å². The van der Waals surface area contributed by atoms with Crippen LogP contribution in [-0.4, -0.2) is 10.7 Å². The molecule has 1 aliphatic carbocycles. The van der Waals surface area contributed by atoms with Gasteiger partial charge in [0.05, 0.1) is 5.60 Å². The van der Waals surface area contributed by atoms with Gasteiger partial charge in [0.2, 0.25) is 0 Å². The Morgan fingerprint density at radius 3 is 2.38 bits per heavy atom. The molecule has 0 aromatic heterocycles. The third kappa shape index (κ3) is 7.66. The molecule has 1 rings (SSSR count). The van der Waals surface area contributed by atoms with Gasteiger partial charge in [-0.2, -0.15) is 0 Å². The molecule has 2 atom stereocenters. The van der Waals surface area contributed by atoms with Crippen molar-refractivity contribution >= 4 is 0 Å². The standard InChI is InChI=1S/C20H34O/c1-16(2)19-12-11-18(4)9-6-8-17(3)10-7-14-20(5,21)15-13-19/h9-10,13,15-16,19,21H,6-8,11-12,14H2,1-5H3/b15-13+,17-10+,18-9+. The number of rotatable bonds is 1. The minimum absolute atomic E-state index is 0.556. The van der Waals surface area contributed by atoms with Crippen molar-refractivity contribution < 1.29 is 5.11 Å². The third-order valence-electron chi connectivity index (χ3n) is 4.61. The fraction of sp³-hybridized carbons (Fsp3) is 0.700. The normalized spacial score (nSPS) is 36.2. The van der Waals surface area contributed by atoms with Crippen LogP contribution in [0.2, 0.25) is 0 Å². The Morgan fingerprint density at radius 1 is 1.10 bits per heavy atom. The molecule has 0 aromatic rings. The molecular weight excluding hydrogens is 256 g/mol. The maximum atomic E-state index is 10.5. The molecule has 1 aliphatic rings. The number of hydrogen-bond donors (Lipinski definition) is 1. The van der Waals surface area contributed by atoms with E-state index in [1.807, 2.05) is 13.0 Å². The lowest BCUT2D eigenvalue weighted by Crippen LogP contribution is -2.21. The van der Waals surface area contributed by atoms with Crippen molar-refractivity contribution in [3.05, 3.63) is 35.5 Å². The quantitative estimate of drug-likeness (QED) is 0.604. The third-order valence-corrected chi connectivity index (χ3v) is 4.61. The van der Waals surface area contributed by atoms with Crippen LogP contribution < -0.4 is 0 Å². The second kappa shape index (κ2) is 8.58. The topological polar surface area (TPSA) is 20.2 Å². The van der Waals surface area contributed by atoms with Crippen LogP contribution in [0.4, 0.5) is 0 Å². The maximum Gasteiger partial charge on any atom is 0.0802 e. The van der Waals surface area contributed by atoms with E-state index in [9.17, 15) is 5.11 Å². The van der Waals surface area contributed by atoms with Crippen molar-refractivity contribution in [2.24, 2.45) is 11.8 Å². The maximum absolute atomic E-state index is 10.5. The van der Waals surface area contributed by atoms with E-state index in [-0.39, 0.29) is 0 Å². The molecule has 0 saturated heterocycles. The first-order valence-corrected chi connectivity index (χ1v) is 8.53. The Labute approximate surface area is 131 Å². The summed E-state index contributed by atoms with van der Waals surface area (Å²) in [5, 5.41) is 10.5. The predicted molar refractivity (Wildman–Crippen MR) is 93.3 cm³/mol. The van der Waals surface area contributed by atoms with E-state index in [0.717, 1.165) is 32.1 Å². The van der Waals surface area contributed by atoms with Gasteiger partial charge in [0, 0.05) is 0 Å². The molecule has 0 spiro atoms. The molecule has 0 radical (unpaired) electrons. The average Bonchev–Trinajstić information content (AvgIpc) is 2.37. The van der Waals surface area contributed by atoms with Gasteiger partial charge in [-0.3, -0.25) is 0 Å². The molecule has 0 amide bonds. The van der Waals surface area contributed by atoms with Gasteiger partial charge in [-0.25, -0.2) is 0 Å². The zero-order valence-corrected chi connectivity index (χ0v) is 14.7. The molecule has 0 fully saturated rings. The smallest absolute Gasteiger partial charge is 0.0802 e. The van der Waals surface area contributed by atoms with Gasteiger partial charge < -0.3 is 5.11 Å². The number of hydrogen-bond acceptors (Lipinski definition) is 1. The molecule has 1 nitrogen and oxygen atoms in total. The Kier molecular flexibility index (Phi) is 7.45. The molecule has 2 unspecified atom stereocenters. The summed E-state index contributed by atoms with van der Waals surface area (Å²) in [6, 6.07) is 0. The number of aliphatic hydroxyl groups is 1. The van der Waals surface area contributed by atoms with Crippen molar-refractivity contribution in [1.29, 1.82) is 0 Å². The van der Waals surface area contributed by atoms with Crippen LogP contribution in [0.15, 0.2) is 35.5 Å². The molecule has 0 aromatic carbocycles. The highest BCUT2D eigenvalue weighted by Crippen LogP contribution is 2.25. The van der Waals surface area contributed by atoms with Crippen LogP contribution in [0.25, 0.3) is 0 Å². The fourth-order valence-corrected chi connectivity index (χ4v) is 2.82. The highest BCUT2D eigenvalue weighted by molar-refractivity contribution is 5.08. The second-order valence-electron chi connectivity index (χ2n) is 7.34. The molecule has 120 valence electrons. The van der Waals surface area contributed by atoms with E-state index >= 15 is 0 Å². The van der Waals surface area contributed by atoms with Gasteiger partial charge >= 0.3 is 0 Å². The van der Waals surface area contributed by atoms with Crippen molar-refractivity contribution in [2.75, 3.05) is 0 Å². The summed E-state index contributed by atoms with van der Waals surface area (Å²) in [6.07, 6.45) is 15.4. The lowest BCUT2D eigenvalue weighted by atomic mass is 9.87. The van der Waals surface area contributed by atoms with Gasteiger partial charge in [0.1, 0.15) is 0 Å². The highest BCUT2D eigenvalue weighted by atomic mass is 16.3. The minimum atomic E-state index is -0.682. The summed E-state index contributed by atoms with van der Waals surface area (Å²) >= 11 is 0. The van der Waals surface area contributed by atoms with E-state index in [1.165, 1.54) is 17.6 Å². The largest absolute Gasteiger partial charge is 0.386 e. The first-order chi connectivity index (χ1) is 9.80. The van der Waals surface area contributed by atoms with E-state index < -0.39 is 5.60 Å². The molecule has 0 saturated carbocycles. The average molecular weight is 290 g/mol. The number of allylic oxidation sites excluding steroid dienone is 5. The van der Waals surface area contributed by atoms with Gasteiger partial charge in [-0.15, -0.1) is 0 Å². The Morgan fingerprint density at radius 2 is 1.71 bits per heavy atom. The van der Waals surface area contributed by atoms with Crippen LogP contribution >= 0.6 is 0 Å². The van der Waals surface area contributed by atoms with Crippen LogP contribution in [-0.2, 0) is 0 Å². The SMILES string of the molecule is C/C1=C\CCC(C)(O)/C=C/C(C(C)C)CC/C(C)=C/CC1. The molecule has 1 heteroatoms. The highest BCUT2D eigenvalue weighted by Gasteiger charge is 2.17. The van der Waals surface area contributed by atoms with E-state index in [1.54, 1.807) is 0 Å². The van der Waals surface area contributed by atoms with Crippen molar-refractivity contribution in [3.8, 4) is 0 Å². The van der Waals surface area contributed by atoms with Crippen LogP contribution in [0, 0.1) is 11.8 Å². The summed E-state index contributed by atoms with van der Waals surface area (Å²) < 4.78 is 0. The Hall–Kier alpha value is -0.820. The van der Waals surface area contributed by atoms with Gasteiger partial charge in [-0.1, -0.05) is 49.3 Å². The summed E-state index contributed by atoms with van der Waals surface area (Å²) in [6.45, 7) is 10.9. The molecule has 21 heavy (non-hydrogen) atoms. The summed E-state index contributed by atoms with van der Waals surface area (Å²) in [4.78, 5) is 0. The lowest BCUT2D eigenvalue weighted by molar-refractivity contribution is 0.102. The van der Waals surface area contributed by atoms with Gasteiger partial charge in [0.25, 0.3) is 0 Å². The van der Waals surface area contributed by atoms with E-state index in [4.69, 9.17) is 0 Å². The Balaban J connectivity index is 2.87. The Bertz CT molecular complexity index is 396. The van der Waals surface area contributed by atoms with Gasteiger partial charge in [0.15, 0.2) is 0 Å². The van der Waals surface area contributed by atoms with Crippen molar-refractivity contribution in [2.45, 2.75) is 78.7 Å². The molecule has 0 aliphatic heterocycles. The molecule has 1 N–H and O–H groups in total. The zero-order valence-electron chi connectivity index (χ0n) is 14.7. The van der Waals surface area contributed by atoms with Gasteiger partial charge in [-0.05, 0) is 71.1 Å². The molecular formula is C20H34O. The van der Waals surface area contributed by atoms with Crippen molar-refractivity contribution in [1.82, 2.24) is 0 Å². The van der Waals surface area contributed by atoms with E-state index in [0.29, 0.717) is 11.8 Å². The monoisotopic (exact) mass is 290 g/mol. The van der Waals surface area contributed by atoms with Crippen LogP contribution in [0.5, 0.6) is 0 Å². The van der Waals surface area contributed by atoms with Crippen LogP contribution in [0.3, 0.4) is 0 Å². The minimum Gasteiger partial charge on any atom is -0.386 e. The first-order valence-electron chi connectivity index (χ1n) is 8.53. The lowest BCUT2D eigenvalue weighted by Gasteiger charge is -2.22. The predicted octanol–water partition coefficient (Wildman–Crippen LogP) is 5.81. The zero-order chi connectivity index (χ0) is 15.9. The summed E-state index contributed by atoms with van der Waals surface area (Å²) in [7, 11) is 0. The van der Waals surface area contributed by atoms with E-state index in [2.05, 4.69) is 45.9 Å². The summed E-state index contributed by atoms with van der Waals surface area (Å²) in [5.74, 6) is 1.18. The molecule has 0 heterocycles. The molecule has 0 bridgehead atoms. The second-order valence-corrected chi connectivity index (χ2v) is 7.34. The first kappa shape index (κ1) is 18.2. The summed E-state index contributed by atoms with van der Waals surface area (Å²) in [5.41, 5.74) is 2.26. The van der Waals surface area contributed by atoms with Crippen LogP contribution in [0.1, 0.15) is 73.1 Å². The fourth-order valence-electron chi connectivity index (χ4n) is 2.82.